The van der Waals surface area contributed by atoms with Crippen molar-refractivity contribution in [3.8, 4) is 0 Å². The normalized spacial score (nSPS) is 14.0. The summed E-state index contributed by atoms with van der Waals surface area (Å²) >= 11 is 0. The van der Waals surface area contributed by atoms with Crippen molar-refractivity contribution in [1.82, 2.24) is 20.0 Å². The number of nitrogens with zero attached hydrogens (tertiary/aromatic N) is 4. The van der Waals surface area contributed by atoms with Crippen molar-refractivity contribution >= 4 is 17.6 Å². The molecule has 25 heavy (non-hydrogen) atoms. The van der Waals surface area contributed by atoms with Crippen molar-refractivity contribution in [2.75, 3.05) is 18.5 Å². The predicted octanol–water partition coefficient (Wildman–Crippen LogP) is 1.89. The Kier molecular flexibility index (Phi) is 5.02. The number of aryl methyl sites for hydroxylation is 1. The number of urea groups is 1. The Balaban J connectivity index is 1.55. The molecule has 1 aliphatic rings. The largest absolute Gasteiger partial charge is 0.334 e. The molecule has 1 N–H and O–H groups in total. The van der Waals surface area contributed by atoms with E-state index in [1.165, 1.54) is 0 Å². The Hall–Kier alpha value is -2.83. The maximum atomic E-state index is 12.2. The Labute approximate surface area is 147 Å². The van der Waals surface area contributed by atoms with E-state index in [9.17, 15) is 9.59 Å². The second kappa shape index (κ2) is 7.38. The minimum atomic E-state index is -0.147. The second-order valence-corrected chi connectivity index (χ2v) is 6.36. The standard InChI is InChI=1S/C18H23N5O2/c1-21(12-15-11-20-22(2)13-15)18(25)19-10-14-5-3-6-16(9-14)23-8-4-7-17(23)24/h3,5-6,9,11,13H,4,7-8,10,12H2,1-2H3,(H,19,25). The number of carbonyl (C=O) groups excluding carboxylic acids is 2. The lowest BCUT2D eigenvalue weighted by atomic mass is 10.2. The van der Waals surface area contributed by atoms with Gasteiger partial charge >= 0.3 is 6.03 Å². The summed E-state index contributed by atoms with van der Waals surface area (Å²) in [6.07, 6.45) is 5.15. The number of amides is 3. The average molecular weight is 341 g/mol. The highest BCUT2D eigenvalue weighted by Gasteiger charge is 2.21. The minimum absolute atomic E-state index is 0.147. The van der Waals surface area contributed by atoms with Gasteiger partial charge in [0.2, 0.25) is 5.91 Å². The highest BCUT2D eigenvalue weighted by Crippen LogP contribution is 2.22. The van der Waals surface area contributed by atoms with Crippen molar-refractivity contribution in [2.24, 2.45) is 7.05 Å². The Bertz CT molecular complexity index is 770. The summed E-state index contributed by atoms with van der Waals surface area (Å²) in [7, 11) is 3.60. The van der Waals surface area contributed by atoms with Crippen LogP contribution in [0.3, 0.4) is 0 Å². The molecule has 0 spiro atoms. The third kappa shape index (κ3) is 4.17. The maximum absolute atomic E-state index is 12.2. The smallest absolute Gasteiger partial charge is 0.317 e. The lowest BCUT2D eigenvalue weighted by molar-refractivity contribution is -0.117. The van der Waals surface area contributed by atoms with E-state index in [0.717, 1.165) is 29.8 Å². The minimum Gasteiger partial charge on any atom is -0.334 e. The molecule has 1 fully saturated rings. The molecule has 132 valence electrons. The van der Waals surface area contributed by atoms with E-state index in [-0.39, 0.29) is 11.9 Å². The molecule has 1 aliphatic heterocycles. The third-order valence-electron chi connectivity index (χ3n) is 4.26. The van der Waals surface area contributed by atoms with Gasteiger partial charge in [-0.15, -0.1) is 0 Å². The Morgan fingerprint density at radius 2 is 2.20 bits per heavy atom. The molecule has 0 saturated carbocycles. The number of rotatable bonds is 5. The molecule has 2 heterocycles. The van der Waals surface area contributed by atoms with E-state index in [4.69, 9.17) is 0 Å². The molecule has 0 atom stereocenters. The summed E-state index contributed by atoms with van der Waals surface area (Å²) in [5.41, 5.74) is 2.85. The van der Waals surface area contributed by atoms with Gasteiger partial charge in [0.1, 0.15) is 0 Å². The molecule has 2 aromatic rings. The summed E-state index contributed by atoms with van der Waals surface area (Å²) < 4.78 is 1.71. The van der Waals surface area contributed by atoms with Gasteiger partial charge in [-0.2, -0.15) is 5.10 Å². The van der Waals surface area contributed by atoms with E-state index in [1.54, 1.807) is 27.7 Å². The molecular formula is C18H23N5O2. The number of aromatic nitrogens is 2. The molecule has 7 nitrogen and oxygen atoms in total. The Morgan fingerprint density at radius 3 is 2.88 bits per heavy atom. The fourth-order valence-corrected chi connectivity index (χ4v) is 2.97. The van der Waals surface area contributed by atoms with Crippen LogP contribution in [0, 0.1) is 0 Å². The van der Waals surface area contributed by atoms with Gasteiger partial charge in [-0.3, -0.25) is 9.48 Å². The topological polar surface area (TPSA) is 70.5 Å². The molecule has 1 aromatic heterocycles. The van der Waals surface area contributed by atoms with Crippen molar-refractivity contribution < 1.29 is 9.59 Å². The van der Waals surface area contributed by atoms with Crippen LogP contribution in [0.25, 0.3) is 0 Å². The van der Waals surface area contributed by atoms with Gasteiger partial charge in [-0.05, 0) is 24.1 Å². The number of carbonyl (C=O) groups is 2. The zero-order valence-corrected chi connectivity index (χ0v) is 14.6. The highest BCUT2D eigenvalue weighted by atomic mass is 16.2. The van der Waals surface area contributed by atoms with Crippen LogP contribution in [-0.2, 0) is 24.9 Å². The van der Waals surface area contributed by atoms with E-state index in [1.807, 2.05) is 37.5 Å². The van der Waals surface area contributed by atoms with Gasteiger partial charge < -0.3 is 15.1 Å². The van der Waals surface area contributed by atoms with Crippen molar-refractivity contribution in [3.63, 3.8) is 0 Å². The summed E-state index contributed by atoms with van der Waals surface area (Å²) in [6, 6.07) is 7.62. The first-order valence-corrected chi connectivity index (χ1v) is 8.39. The van der Waals surface area contributed by atoms with Crippen LogP contribution in [0.1, 0.15) is 24.0 Å². The highest BCUT2D eigenvalue weighted by molar-refractivity contribution is 5.95. The van der Waals surface area contributed by atoms with E-state index < -0.39 is 0 Å². The van der Waals surface area contributed by atoms with Gasteiger partial charge in [0.15, 0.2) is 0 Å². The molecule has 3 rings (SSSR count). The quantitative estimate of drug-likeness (QED) is 0.903. The fraction of sp³-hybridized carbons (Fsp3) is 0.389. The monoisotopic (exact) mass is 341 g/mol. The number of hydrogen-bond acceptors (Lipinski definition) is 3. The molecule has 7 heteroatoms. The van der Waals surface area contributed by atoms with Crippen molar-refractivity contribution in [2.45, 2.75) is 25.9 Å². The second-order valence-electron chi connectivity index (χ2n) is 6.36. The number of hydrogen-bond donors (Lipinski definition) is 1. The zero-order valence-electron chi connectivity index (χ0n) is 14.6. The van der Waals surface area contributed by atoms with Crippen LogP contribution in [0.4, 0.5) is 10.5 Å². The summed E-state index contributed by atoms with van der Waals surface area (Å²) in [4.78, 5) is 27.5. The van der Waals surface area contributed by atoms with Crippen molar-refractivity contribution in [3.05, 3.63) is 47.8 Å². The van der Waals surface area contributed by atoms with Gasteiger partial charge in [0.05, 0.1) is 12.7 Å². The predicted molar refractivity (Wildman–Crippen MR) is 94.9 cm³/mol. The van der Waals surface area contributed by atoms with Crippen LogP contribution in [0.15, 0.2) is 36.7 Å². The molecule has 0 radical (unpaired) electrons. The number of anilines is 1. The number of benzene rings is 1. The Morgan fingerprint density at radius 1 is 1.36 bits per heavy atom. The summed E-state index contributed by atoms with van der Waals surface area (Å²) in [5, 5.41) is 7.01. The van der Waals surface area contributed by atoms with Crippen LogP contribution in [-0.4, -0.2) is 40.2 Å². The van der Waals surface area contributed by atoms with Gasteiger partial charge in [-0.25, -0.2) is 4.79 Å². The summed E-state index contributed by atoms with van der Waals surface area (Å²) in [5.74, 6) is 0.164. The van der Waals surface area contributed by atoms with Gasteiger partial charge in [0.25, 0.3) is 0 Å². The van der Waals surface area contributed by atoms with Crippen LogP contribution in [0.2, 0.25) is 0 Å². The molecule has 0 unspecified atom stereocenters. The fourth-order valence-electron chi connectivity index (χ4n) is 2.97. The first-order chi connectivity index (χ1) is 12.0. The zero-order chi connectivity index (χ0) is 17.8. The van der Waals surface area contributed by atoms with E-state index in [0.29, 0.717) is 19.5 Å². The molecular weight excluding hydrogens is 318 g/mol. The molecule has 0 bridgehead atoms. The third-order valence-corrected chi connectivity index (χ3v) is 4.26. The first kappa shape index (κ1) is 17.0. The maximum Gasteiger partial charge on any atom is 0.317 e. The molecule has 1 aromatic carbocycles. The average Bonchev–Trinajstić information content (AvgIpc) is 3.21. The molecule has 0 aliphatic carbocycles. The van der Waals surface area contributed by atoms with Crippen LogP contribution in [0.5, 0.6) is 0 Å². The molecule has 3 amide bonds. The number of nitrogens with one attached hydrogen (secondary N) is 1. The van der Waals surface area contributed by atoms with Gasteiger partial charge in [0, 0.05) is 51.1 Å². The van der Waals surface area contributed by atoms with Crippen molar-refractivity contribution in [1.29, 1.82) is 0 Å². The SMILES string of the molecule is CN(Cc1cnn(C)c1)C(=O)NCc1cccc(N2CCCC2=O)c1. The van der Waals surface area contributed by atoms with Gasteiger partial charge in [-0.1, -0.05) is 12.1 Å². The molecule has 1 saturated heterocycles. The lowest BCUT2D eigenvalue weighted by Gasteiger charge is -2.19. The van der Waals surface area contributed by atoms with Crippen LogP contribution >= 0.6 is 0 Å². The van der Waals surface area contributed by atoms with E-state index >= 15 is 0 Å². The van der Waals surface area contributed by atoms with E-state index in [2.05, 4.69) is 10.4 Å². The van der Waals surface area contributed by atoms with Crippen LogP contribution < -0.4 is 10.2 Å². The first-order valence-electron chi connectivity index (χ1n) is 8.39. The lowest BCUT2D eigenvalue weighted by Crippen LogP contribution is -2.36. The summed E-state index contributed by atoms with van der Waals surface area (Å²) in [6.45, 7) is 1.69.